The van der Waals surface area contributed by atoms with Gasteiger partial charge in [0.15, 0.2) is 0 Å². The topological polar surface area (TPSA) is 58.2 Å². The Morgan fingerprint density at radius 2 is 2.22 bits per heavy atom. The van der Waals surface area contributed by atoms with Gasteiger partial charge in [-0.15, -0.1) is 11.6 Å². The highest BCUT2D eigenvalue weighted by atomic mass is 35.5. The minimum atomic E-state index is -0.480. The van der Waals surface area contributed by atoms with E-state index in [1.54, 1.807) is 7.05 Å². The predicted octanol–water partition coefficient (Wildman–Crippen LogP) is 3.01. The van der Waals surface area contributed by atoms with E-state index in [1.807, 2.05) is 44.2 Å². The van der Waals surface area contributed by atoms with Crippen molar-refractivity contribution in [2.24, 2.45) is 0 Å². The summed E-state index contributed by atoms with van der Waals surface area (Å²) in [5.74, 6) is -0.340. The summed E-state index contributed by atoms with van der Waals surface area (Å²) >= 11 is 6.02. The molecule has 0 fully saturated rings. The Morgan fingerprint density at radius 3 is 2.74 bits per heavy atom. The van der Waals surface area contributed by atoms with Gasteiger partial charge in [-0.3, -0.25) is 9.59 Å². The third-order valence-corrected chi connectivity index (χ3v) is 3.92. The van der Waals surface area contributed by atoms with Crippen LogP contribution in [0.25, 0.3) is 0 Å². The minimum Gasteiger partial charge on any atom is -0.357 e. The van der Waals surface area contributed by atoms with Gasteiger partial charge in [-0.05, 0) is 30.9 Å². The van der Waals surface area contributed by atoms with Crippen LogP contribution < -0.4 is 10.6 Å². The third-order valence-electron chi connectivity index (χ3n) is 3.60. The quantitative estimate of drug-likeness (QED) is 0.554. The molecule has 0 bridgehead atoms. The monoisotopic (exact) mass is 336 g/mol. The smallest absolute Gasteiger partial charge is 0.242 e. The van der Waals surface area contributed by atoms with Crippen LogP contribution in [0.2, 0.25) is 0 Å². The number of carbonyl (C=O) groups excluding carboxylic acids is 2. The molecule has 4 nitrogen and oxygen atoms in total. The Bertz CT molecular complexity index is 547. The first-order valence-corrected chi connectivity index (χ1v) is 8.32. The van der Waals surface area contributed by atoms with Crippen LogP contribution in [-0.2, 0) is 9.59 Å². The standard InChI is InChI=1S/C18H25ClN2O2/c1-4-13(14-9-11-15(19)12-10-14)7-6-8-17(22)21-16(5-2)18(23)20-3/h4,6-7,9-11,15-16H,5,8,12H2,1-3H3,(H,20,23)(H,21,22)/b7-6-,13-4+/t15?,16-/m0/s1. The zero-order valence-electron chi connectivity index (χ0n) is 13.9. The average Bonchev–Trinajstić information content (AvgIpc) is 2.57. The number of likely N-dealkylation sites (N-methyl/N-ethyl adjacent to an activating group) is 1. The van der Waals surface area contributed by atoms with Crippen molar-refractivity contribution < 1.29 is 9.59 Å². The molecule has 2 atom stereocenters. The number of halogens is 1. The Balaban J connectivity index is 2.55. The first-order valence-electron chi connectivity index (χ1n) is 7.88. The van der Waals surface area contributed by atoms with Crippen LogP contribution in [0, 0.1) is 0 Å². The summed E-state index contributed by atoms with van der Waals surface area (Å²) in [5, 5.41) is 5.33. The number of carbonyl (C=O) groups is 2. The first-order chi connectivity index (χ1) is 11.0. The van der Waals surface area contributed by atoms with Crippen molar-refractivity contribution in [1.29, 1.82) is 0 Å². The lowest BCUT2D eigenvalue weighted by Crippen LogP contribution is -2.45. The molecule has 0 heterocycles. The van der Waals surface area contributed by atoms with E-state index < -0.39 is 6.04 Å². The van der Waals surface area contributed by atoms with Crippen LogP contribution in [-0.4, -0.2) is 30.3 Å². The third kappa shape index (κ3) is 6.45. The molecule has 0 aromatic rings. The lowest BCUT2D eigenvalue weighted by Gasteiger charge is -2.14. The molecular formula is C18H25ClN2O2. The van der Waals surface area contributed by atoms with E-state index in [1.165, 1.54) is 0 Å². The van der Waals surface area contributed by atoms with Gasteiger partial charge in [0.1, 0.15) is 6.04 Å². The molecule has 0 saturated carbocycles. The van der Waals surface area contributed by atoms with Crippen LogP contribution in [0.5, 0.6) is 0 Å². The number of amides is 2. The number of allylic oxidation sites excluding steroid dienone is 7. The highest BCUT2D eigenvalue weighted by molar-refractivity contribution is 6.22. The average molecular weight is 337 g/mol. The SMILES string of the molecule is C/C=C(\C=C/CC(=O)N[C@@H](CC)C(=O)NC)C1=CCC(Cl)C=C1. The molecule has 0 radical (unpaired) electrons. The Kier molecular flexibility index (Phi) is 8.41. The molecule has 0 aliphatic heterocycles. The summed E-state index contributed by atoms with van der Waals surface area (Å²) in [7, 11) is 1.56. The van der Waals surface area contributed by atoms with Gasteiger partial charge in [-0.25, -0.2) is 0 Å². The van der Waals surface area contributed by atoms with Crippen LogP contribution in [0.15, 0.2) is 47.6 Å². The largest absolute Gasteiger partial charge is 0.357 e. The fourth-order valence-electron chi connectivity index (χ4n) is 2.24. The Labute approximate surface area is 143 Å². The summed E-state index contributed by atoms with van der Waals surface area (Å²) in [6, 6.07) is -0.480. The van der Waals surface area contributed by atoms with E-state index in [4.69, 9.17) is 11.6 Å². The summed E-state index contributed by atoms with van der Waals surface area (Å²) in [4.78, 5) is 23.5. The number of rotatable bonds is 7. The lowest BCUT2D eigenvalue weighted by molar-refractivity contribution is -0.128. The summed E-state index contributed by atoms with van der Waals surface area (Å²) < 4.78 is 0. The lowest BCUT2D eigenvalue weighted by atomic mass is 9.98. The van der Waals surface area contributed by atoms with Crippen molar-refractivity contribution in [2.75, 3.05) is 7.05 Å². The number of hydrogen-bond acceptors (Lipinski definition) is 2. The molecule has 2 amide bonds. The van der Waals surface area contributed by atoms with Gasteiger partial charge in [0.2, 0.25) is 11.8 Å². The van der Waals surface area contributed by atoms with Crippen molar-refractivity contribution in [3.05, 3.63) is 47.6 Å². The number of nitrogens with one attached hydrogen (secondary N) is 2. The van der Waals surface area contributed by atoms with Crippen LogP contribution >= 0.6 is 11.6 Å². The maximum absolute atomic E-state index is 11.9. The van der Waals surface area contributed by atoms with Crippen molar-refractivity contribution in [3.63, 3.8) is 0 Å². The summed E-state index contributed by atoms with van der Waals surface area (Å²) in [6.45, 7) is 3.82. The highest BCUT2D eigenvalue weighted by Crippen LogP contribution is 2.21. The molecule has 5 heteroatoms. The van der Waals surface area contributed by atoms with Gasteiger partial charge < -0.3 is 10.6 Å². The van der Waals surface area contributed by atoms with E-state index in [2.05, 4.69) is 16.7 Å². The molecule has 1 aliphatic rings. The van der Waals surface area contributed by atoms with Gasteiger partial charge in [-0.2, -0.15) is 0 Å². The molecule has 0 aromatic heterocycles. The molecular weight excluding hydrogens is 312 g/mol. The molecule has 23 heavy (non-hydrogen) atoms. The van der Waals surface area contributed by atoms with E-state index in [0.29, 0.717) is 6.42 Å². The van der Waals surface area contributed by atoms with E-state index in [0.717, 1.165) is 17.6 Å². The second-order valence-electron chi connectivity index (χ2n) is 5.26. The molecule has 0 aromatic carbocycles. The molecule has 1 rings (SSSR count). The molecule has 2 N–H and O–H groups in total. The maximum Gasteiger partial charge on any atom is 0.242 e. The van der Waals surface area contributed by atoms with E-state index in [-0.39, 0.29) is 23.6 Å². The first kappa shape index (κ1) is 19.2. The number of alkyl halides is 1. The summed E-state index contributed by atoms with van der Waals surface area (Å²) in [5.41, 5.74) is 2.16. The van der Waals surface area contributed by atoms with Crippen molar-refractivity contribution >= 4 is 23.4 Å². The minimum absolute atomic E-state index is 0.0577. The van der Waals surface area contributed by atoms with Crippen molar-refractivity contribution in [1.82, 2.24) is 10.6 Å². The van der Waals surface area contributed by atoms with Gasteiger partial charge >= 0.3 is 0 Å². The van der Waals surface area contributed by atoms with E-state index >= 15 is 0 Å². The fraction of sp³-hybridized carbons (Fsp3) is 0.444. The second kappa shape index (κ2) is 10.1. The van der Waals surface area contributed by atoms with Gasteiger partial charge in [0, 0.05) is 13.5 Å². The van der Waals surface area contributed by atoms with Crippen molar-refractivity contribution in [3.8, 4) is 0 Å². The molecule has 0 saturated heterocycles. The molecule has 1 unspecified atom stereocenters. The zero-order valence-corrected chi connectivity index (χ0v) is 14.7. The molecule has 1 aliphatic carbocycles. The van der Waals surface area contributed by atoms with Crippen LogP contribution in [0.3, 0.4) is 0 Å². The summed E-state index contributed by atoms with van der Waals surface area (Å²) in [6.07, 6.45) is 13.4. The maximum atomic E-state index is 11.9. The zero-order chi connectivity index (χ0) is 17.2. The van der Waals surface area contributed by atoms with Gasteiger partial charge in [-0.1, -0.05) is 43.4 Å². The predicted molar refractivity (Wildman–Crippen MR) is 95.3 cm³/mol. The van der Waals surface area contributed by atoms with Gasteiger partial charge in [0.05, 0.1) is 5.38 Å². The number of hydrogen-bond donors (Lipinski definition) is 2. The van der Waals surface area contributed by atoms with Gasteiger partial charge in [0.25, 0.3) is 0 Å². The Hall–Kier alpha value is -1.81. The highest BCUT2D eigenvalue weighted by Gasteiger charge is 2.16. The molecule has 0 spiro atoms. The fourth-order valence-corrected chi connectivity index (χ4v) is 2.40. The van der Waals surface area contributed by atoms with Crippen LogP contribution in [0.1, 0.15) is 33.1 Å². The van der Waals surface area contributed by atoms with Crippen molar-refractivity contribution in [2.45, 2.75) is 44.5 Å². The molecule has 126 valence electrons. The Morgan fingerprint density at radius 1 is 1.48 bits per heavy atom. The second-order valence-corrected chi connectivity index (χ2v) is 5.82. The van der Waals surface area contributed by atoms with E-state index in [9.17, 15) is 9.59 Å². The van der Waals surface area contributed by atoms with Crippen LogP contribution in [0.4, 0.5) is 0 Å². The normalized spacial score (nSPS) is 19.4.